The standard InChI is InChI=1S/C27H22FNO5/c28-21-14-8-7-13-20(21)24-23(25(32)18-11-5-2-6-12-18)26(33)27(34)29(24)16-19(15-22(30)31)17-9-3-1-4-10-17/h1-14,19,24,32H,15-16H2,(H,30,31)/t19-,24-/m0/s1. The predicted molar refractivity (Wildman–Crippen MR) is 123 cm³/mol. The Hall–Kier alpha value is -4.26. The number of carboxylic acids is 1. The number of benzene rings is 3. The average Bonchev–Trinajstić information content (AvgIpc) is 3.09. The highest BCUT2D eigenvalue weighted by Crippen LogP contribution is 2.41. The first-order valence-corrected chi connectivity index (χ1v) is 10.7. The van der Waals surface area contributed by atoms with Crippen molar-refractivity contribution in [2.75, 3.05) is 6.54 Å². The van der Waals surface area contributed by atoms with Gasteiger partial charge in [-0.2, -0.15) is 0 Å². The van der Waals surface area contributed by atoms with Crippen LogP contribution in [0.15, 0.2) is 90.5 Å². The molecule has 2 N–H and O–H groups in total. The highest BCUT2D eigenvalue weighted by molar-refractivity contribution is 6.46. The molecule has 172 valence electrons. The summed E-state index contributed by atoms with van der Waals surface area (Å²) in [4.78, 5) is 39.0. The fourth-order valence-corrected chi connectivity index (χ4v) is 4.30. The van der Waals surface area contributed by atoms with Crippen molar-refractivity contribution in [2.24, 2.45) is 0 Å². The third-order valence-electron chi connectivity index (χ3n) is 5.90. The molecule has 0 aliphatic carbocycles. The minimum absolute atomic E-state index is 0.0429. The van der Waals surface area contributed by atoms with Crippen LogP contribution in [0.3, 0.4) is 0 Å². The van der Waals surface area contributed by atoms with Crippen LogP contribution in [0.25, 0.3) is 5.76 Å². The SMILES string of the molecule is O=C(O)C[C@@H](CN1C(=O)C(=O)C(=C(O)c2ccccc2)[C@@H]1c1ccccc1F)c1ccccc1. The summed E-state index contributed by atoms with van der Waals surface area (Å²) in [5, 5.41) is 20.5. The minimum atomic E-state index is -1.21. The number of amides is 1. The van der Waals surface area contributed by atoms with Crippen LogP contribution in [-0.2, 0) is 14.4 Å². The summed E-state index contributed by atoms with van der Waals surface area (Å²) in [6, 6.07) is 21.5. The van der Waals surface area contributed by atoms with Gasteiger partial charge in [-0.05, 0) is 11.6 Å². The van der Waals surface area contributed by atoms with Gasteiger partial charge in [0, 0.05) is 23.6 Å². The van der Waals surface area contributed by atoms with E-state index in [0.29, 0.717) is 11.1 Å². The van der Waals surface area contributed by atoms with Gasteiger partial charge in [-0.25, -0.2) is 4.39 Å². The average molecular weight is 459 g/mol. The fourth-order valence-electron chi connectivity index (χ4n) is 4.30. The molecule has 0 bridgehead atoms. The van der Waals surface area contributed by atoms with Crippen molar-refractivity contribution < 1.29 is 29.0 Å². The van der Waals surface area contributed by atoms with E-state index >= 15 is 0 Å². The topological polar surface area (TPSA) is 94.9 Å². The fraction of sp³-hybridized carbons (Fsp3) is 0.148. The summed E-state index contributed by atoms with van der Waals surface area (Å²) in [5.74, 6) is -4.65. The number of rotatable bonds is 7. The van der Waals surface area contributed by atoms with Gasteiger partial charge in [0.2, 0.25) is 0 Å². The van der Waals surface area contributed by atoms with Crippen molar-refractivity contribution >= 4 is 23.4 Å². The van der Waals surface area contributed by atoms with Crippen LogP contribution in [0.1, 0.15) is 35.1 Å². The number of nitrogens with zero attached hydrogens (tertiary/aromatic N) is 1. The van der Waals surface area contributed by atoms with E-state index in [1.807, 2.05) is 0 Å². The van der Waals surface area contributed by atoms with E-state index in [1.54, 1.807) is 66.7 Å². The molecular formula is C27H22FNO5. The highest BCUT2D eigenvalue weighted by atomic mass is 19.1. The molecule has 3 aromatic carbocycles. The molecule has 1 heterocycles. The number of hydrogen-bond donors (Lipinski definition) is 2. The molecule has 1 fully saturated rings. The second kappa shape index (κ2) is 9.70. The number of carbonyl (C=O) groups is 3. The van der Waals surface area contributed by atoms with E-state index in [1.165, 1.54) is 18.2 Å². The van der Waals surface area contributed by atoms with Crippen LogP contribution in [0.5, 0.6) is 0 Å². The zero-order valence-corrected chi connectivity index (χ0v) is 18.1. The molecule has 0 radical (unpaired) electrons. The zero-order chi connectivity index (χ0) is 24.2. The summed E-state index contributed by atoms with van der Waals surface area (Å²) in [7, 11) is 0. The Morgan fingerprint density at radius 1 is 0.882 bits per heavy atom. The number of carboxylic acid groups (broad SMARTS) is 1. The third-order valence-corrected chi connectivity index (χ3v) is 5.90. The maximum atomic E-state index is 14.9. The minimum Gasteiger partial charge on any atom is -0.507 e. The van der Waals surface area contributed by atoms with Gasteiger partial charge in [-0.15, -0.1) is 0 Å². The van der Waals surface area contributed by atoms with Crippen molar-refractivity contribution in [3.8, 4) is 0 Å². The van der Waals surface area contributed by atoms with Gasteiger partial charge in [-0.3, -0.25) is 14.4 Å². The Labute approximate surface area is 195 Å². The monoisotopic (exact) mass is 459 g/mol. The Morgan fingerprint density at radius 2 is 1.47 bits per heavy atom. The molecule has 0 saturated carbocycles. The third kappa shape index (κ3) is 4.45. The first kappa shape index (κ1) is 22.9. The molecule has 4 rings (SSSR count). The Bertz CT molecular complexity index is 1260. The summed E-state index contributed by atoms with van der Waals surface area (Å²) >= 11 is 0. The summed E-state index contributed by atoms with van der Waals surface area (Å²) in [6.45, 7) is -0.147. The molecule has 6 nitrogen and oxygen atoms in total. The van der Waals surface area contributed by atoms with Gasteiger partial charge >= 0.3 is 5.97 Å². The van der Waals surface area contributed by atoms with Crippen LogP contribution < -0.4 is 0 Å². The van der Waals surface area contributed by atoms with E-state index in [9.17, 15) is 29.0 Å². The molecule has 1 aliphatic heterocycles. The van der Waals surface area contributed by atoms with Crippen LogP contribution >= 0.6 is 0 Å². The van der Waals surface area contributed by atoms with Gasteiger partial charge in [0.25, 0.3) is 11.7 Å². The number of aliphatic hydroxyl groups excluding tert-OH is 1. The Balaban J connectivity index is 1.85. The lowest BCUT2D eigenvalue weighted by molar-refractivity contribution is -0.141. The predicted octanol–water partition coefficient (Wildman–Crippen LogP) is 4.51. The first-order chi connectivity index (χ1) is 16.4. The van der Waals surface area contributed by atoms with Gasteiger partial charge in [0.05, 0.1) is 18.0 Å². The summed E-state index contributed by atoms with van der Waals surface area (Å²) in [5.41, 5.74) is 0.791. The molecule has 3 aromatic rings. The first-order valence-electron chi connectivity index (χ1n) is 10.7. The normalized spacial score (nSPS) is 18.1. The van der Waals surface area contributed by atoms with Crippen molar-refractivity contribution in [1.29, 1.82) is 0 Å². The van der Waals surface area contributed by atoms with Crippen LogP contribution in [0.4, 0.5) is 4.39 Å². The smallest absolute Gasteiger partial charge is 0.304 e. The van der Waals surface area contributed by atoms with Gasteiger partial charge in [-0.1, -0.05) is 78.9 Å². The van der Waals surface area contributed by atoms with Crippen LogP contribution in [-0.4, -0.2) is 39.3 Å². The van der Waals surface area contributed by atoms with Crippen molar-refractivity contribution in [1.82, 2.24) is 4.90 Å². The molecule has 1 saturated heterocycles. The lowest BCUT2D eigenvalue weighted by Crippen LogP contribution is -2.34. The number of Topliss-reactive ketones (excluding diaryl/α,β-unsaturated/α-hetero) is 1. The van der Waals surface area contributed by atoms with E-state index in [2.05, 4.69) is 0 Å². The van der Waals surface area contributed by atoms with E-state index in [4.69, 9.17) is 0 Å². The van der Waals surface area contributed by atoms with Gasteiger partial charge in [0.15, 0.2) is 0 Å². The summed E-state index contributed by atoms with van der Waals surface area (Å²) in [6.07, 6.45) is -0.296. The maximum absolute atomic E-state index is 14.9. The number of likely N-dealkylation sites (tertiary alicyclic amines) is 1. The Kier molecular flexibility index (Phi) is 6.54. The molecule has 0 spiro atoms. The molecule has 1 amide bonds. The molecule has 0 unspecified atom stereocenters. The largest absolute Gasteiger partial charge is 0.507 e. The molecule has 2 atom stereocenters. The number of carbonyl (C=O) groups excluding carboxylic acids is 2. The van der Waals surface area contributed by atoms with Crippen molar-refractivity contribution in [2.45, 2.75) is 18.4 Å². The number of aliphatic carboxylic acids is 1. The second-order valence-electron chi connectivity index (χ2n) is 8.04. The highest BCUT2D eigenvalue weighted by Gasteiger charge is 2.47. The number of halogens is 1. The lowest BCUT2D eigenvalue weighted by atomic mass is 9.92. The van der Waals surface area contributed by atoms with Gasteiger partial charge < -0.3 is 15.1 Å². The van der Waals surface area contributed by atoms with Crippen LogP contribution in [0, 0.1) is 5.82 Å². The second-order valence-corrected chi connectivity index (χ2v) is 8.04. The molecule has 0 aromatic heterocycles. The number of ketones is 1. The van der Waals surface area contributed by atoms with Crippen LogP contribution in [0.2, 0.25) is 0 Å². The van der Waals surface area contributed by atoms with E-state index in [-0.39, 0.29) is 24.1 Å². The molecule has 7 heteroatoms. The van der Waals surface area contributed by atoms with Crippen molar-refractivity contribution in [3.05, 3.63) is 113 Å². The van der Waals surface area contributed by atoms with Gasteiger partial charge in [0.1, 0.15) is 11.6 Å². The molecule has 1 aliphatic rings. The van der Waals surface area contributed by atoms with E-state index in [0.717, 1.165) is 4.90 Å². The number of hydrogen-bond acceptors (Lipinski definition) is 4. The quantitative estimate of drug-likeness (QED) is 0.308. The maximum Gasteiger partial charge on any atom is 0.304 e. The Morgan fingerprint density at radius 3 is 2.09 bits per heavy atom. The van der Waals surface area contributed by atoms with Crippen molar-refractivity contribution in [3.63, 3.8) is 0 Å². The molecular weight excluding hydrogens is 437 g/mol. The lowest BCUT2D eigenvalue weighted by Gasteiger charge is -2.29. The molecule has 34 heavy (non-hydrogen) atoms. The zero-order valence-electron chi connectivity index (χ0n) is 18.1. The van der Waals surface area contributed by atoms with E-state index < -0.39 is 41.2 Å². The summed E-state index contributed by atoms with van der Waals surface area (Å²) < 4.78 is 14.9. The number of aliphatic hydroxyl groups is 1.